The number of anilines is 1. The summed E-state index contributed by atoms with van der Waals surface area (Å²) in [5.74, 6) is -1.22. The molecule has 0 fully saturated rings. The number of carbonyl (C=O) groups excluding carboxylic acids is 1. The third-order valence-electron chi connectivity index (χ3n) is 2.03. The van der Waals surface area contributed by atoms with E-state index < -0.39 is 17.8 Å². The number of hydrogen-bond acceptors (Lipinski definition) is 3. The van der Waals surface area contributed by atoms with Gasteiger partial charge in [-0.25, -0.2) is 9.18 Å². The number of urea groups is 1. The smallest absolute Gasteiger partial charge is 0.319 e. The first-order valence-electron chi connectivity index (χ1n) is 5.13. The number of nitrogens with one attached hydrogen (secondary N) is 2. The van der Waals surface area contributed by atoms with Crippen molar-refractivity contribution in [3.63, 3.8) is 0 Å². The van der Waals surface area contributed by atoms with Crippen molar-refractivity contribution < 1.29 is 23.8 Å². The number of carboxylic acids is 1. The molecule has 0 unspecified atom stereocenters. The van der Waals surface area contributed by atoms with Crippen LogP contribution in [0.5, 0.6) is 5.75 Å². The Balaban J connectivity index is 2.58. The zero-order chi connectivity index (χ0) is 13.5. The standard InChI is InChI=1S/C11H13FN2O4/c1-18-9-3-2-7(12)6-8(9)14-11(17)13-5-4-10(15)16/h2-3,6H,4-5H2,1H3,(H,15,16)(H2,13,14,17). The number of carbonyl (C=O) groups is 2. The Morgan fingerprint density at radius 3 is 2.78 bits per heavy atom. The van der Waals surface area contributed by atoms with Crippen LogP contribution in [0.25, 0.3) is 0 Å². The number of hydrogen-bond donors (Lipinski definition) is 3. The molecule has 0 bridgehead atoms. The van der Waals surface area contributed by atoms with Crippen LogP contribution in [-0.4, -0.2) is 30.8 Å². The molecule has 0 aliphatic heterocycles. The molecule has 0 aliphatic carbocycles. The molecule has 1 aromatic carbocycles. The highest BCUT2D eigenvalue weighted by atomic mass is 19.1. The molecule has 0 aromatic heterocycles. The summed E-state index contributed by atoms with van der Waals surface area (Å²) >= 11 is 0. The molecule has 0 saturated carbocycles. The summed E-state index contributed by atoms with van der Waals surface area (Å²) < 4.78 is 17.9. The molecule has 0 aliphatic rings. The minimum atomic E-state index is -1.02. The van der Waals surface area contributed by atoms with Crippen molar-refractivity contribution in [2.75, 3.05) is 19.0 Å². The average Bonchev–Trinajstić information content (AvgIpc) is 2.28. The molecule has 3 N–H and O–H groups in total. The summed E-state index contributed by atoms with van der Waals surface area (Å²) in [5, 5.41) is 13.1. The first-order chi connectivity index (χ1) is 8.52. The van der Waals surface area contributed by atoms with E-state index in [-0.39, 0.29) is 18.7 Å². The molecule has 2 amide bonds. The lowest BCUT2D eigenvalue weighted by molar-refractivity contribution is -0.136. The number of halogens is 1. The zero-order valence-electron chi connectivity index (χ0n) is 9.70. The van der Waals surface area contributed by atoms with Crippen molar-refractivity contribution >= 4 is 17.7 Å². The van der Waals surface area contributed by atoms with Gasteiger partial charge in [-0.1, -0.05) is 0 Å². The van der Waals surface area contributed by atoms with Crippen molar-refractivity contribution in [2.45, 2.75) is 6.42 Å². The predicted octanol–water partition coefficient (Wildman–Crippen LogP) is 1.43. The SMILES string of the molecule is COc1ccc(F)cc1NC(=O)NCCC(=O)O. The lowest BCUT2D eigenvalue weighted by Crippen LogP contribution is -2.30. The number of ether oxygens (including phenoxy) is 1. The Hall–Kier alpha value is -2.31. The summed E-state index contributed by atoms with van der Waals surface area (Å²) in [6.45, 7) is -0.0151. The maximum atomic E-state index is 13.0. The normalized spacial score (nSPS) is 9.67. The minimum absolute atomic E-state index is 0.0151. The summed E-state index contributed by atoms with van der Waals surface area (Å²) in [5.41, 5.74) is 0.172. The highest BCUT2D eigenvalue weighted by Crippen LogP contribution is 2.24. The lowest BCUT2D eigenvalue weighted by atomic mass is 10.3. The molecule has 0 heterocycles. The van der Waals surface area contributed by atoms with E-state index in [1.807, 2.05) is 0 Å². The van der Waals surface area contributed by atoms with E-state index in [0.29, 0.717) is 5.75 Å². The van der Waals surface area contributed by atoms with Crippen LogP contribution in [0.15, 0.2) is 18.2 Å². The molecule has 0 radical (unpaired) electrons. The third-order valence-corrected chi connectivity index (χ3v) is 2.03. The van der Waals surface area contributed by atoms with Gasteiger partial charge in [0.05, 0.1) is 19.2 Å². The van der Waals surface area contributed by atoms with Gasteiger partial charge in [0.15, 0.2) is 0 Å². The van der Waals surface area contributed by atoms with Gasteiger partial charge in [0.2, 0.25) is 0 Å². The second-order valence-corrected chi connectivity index (χ2v) is 3.37. The highest BCUT2D eigenvalue weighted by Gasteiger charge is 2.08. The van der Waals surface area contributed by atoms with Crippen LogP contribution in [0.4, 0.5) is 14.9 Å². The monoisotopic (exact) mass is 256 g/mol. The summed E-state index contributed by atoms with van der Waals surface area (Å²) in [6.07, 6.45) is -0.187. The van der Waals surface area contributed by atoms with Crippen molar-refractivity contribution in [2.24, 2.45) is 0 Å². The van der Waals surface area contributed by atoms with E-state index in [1.54, 1.807) is 0 Å². The van der Waals surface area contributed by atoms with Crippen LogP contribution in [0.2, 0.25) is 0 Å². The summed E-state index contributed by atoms with van der Waals surface area (Å²) in [4.78, 5) is 21.6. The molecule has 18 heavy (non-hydrogen) atoms. The molecule has 0 saturated heterocycles. The molecule has 0 spiro atoms. The van der Waals surface area contributed by atoms with Gasteiger partial charge in [-0.3, -0.25) is 4.79 Å². The number of carboxylic acid groups (broad SMARTS) is 1. The number of methoxy groups -OCH3 is 1. The largest absolute Gasteiger partial charge is 0.495 e. The Kier molecular flexibility index (Phi) is 4.91. The Labute approximate surface area is 103 Å². The zero-order valence-corrected chi connectivity index (χ0v) is 9.70. The minimum Gasteiger partial charge on any atom is -0.495 e. The fourth-order valence-corrected chi connectivity index (χ4v) is 1.23. The molecule has 1 rings (SSSR count). The maximum absolute atomic E-state index is 13.0. The fourth-order valence-electron chi connectivity index (χ4n) is 1.23. The van der Waals surface area contributed by atoms with Gasteiger partial charge in [0.1, 0.15) is 11.6 Å². The summed E-state index contributed by atoms with van der Waals surface area (Å²) in [6, 6.07) is 3.06. The summed E-state index contributed by atoms with van der Waals surface area (Å²) in [7, 11) is 1.39. The Morgan fingerprint density at radius 2 is 2.17 bits per heavy atom. The first-order valence-corrected chi connectivity index (χ1v) is 5.13. The van der Waals surface area contributed by atoms with Gasteiger partial charge in [-0.15, -0.1) is 0 Å². The Bertz CT molecular complexity index is 451. The van der Waals surface area contributed by atoms with Crippen LogP contribution in [-0.2, 0) is 4.79 Å². The molecule has 1 aromatic rings. The van der Waals surface area contributed by atoms with Crippen molar-refractivity contribution in [1.82, 2.24) is 5.32 Å². The van der Waals surface area contributed by atoms with Gasteiger partial charge in [0.25, 0.3) is 0 Å². The van der Waals surface area contributed by atoms with Crippen LogP contribution < -0.4 is 15.4 Å². The molecule has 0 atom stereocenters. The van der Waals surface area contributed by atoms with E-state index in [2.05, 4.69) is 10.6 Å². The quantitative estimate of drug-likeness (QED) is 0.743. The second-order valence-electron chi connectivity index (χ2n) is 3.37. The maximum Gasteiger partial charge on any atom is 0.319 e. The van der Waals surface area contributed by atoms with E-state index in [9.17, 15) is 14.0 Å². The molecular formula is C11H13FN2O4. The molecule has 98 valence electrons. The third kappa shape index (κ3) is 4.28. The van der Waals surface area contributed by atoms with Crippen LogP contribution >= 0.6 is 0 Å². The van der Waals surface area contributed by atoms with Gasteiger partial charge < -0.3 is 20.5 Å². The second kappa shape index (κ2) is 6.43. The van der Waals surface area contributed by atoms with Crippen LogP contribution in [0.1, 0.15) is 6.42 Å². The van der Waals surface area contributed by atoms with Crippen LogP contribution in [0.3, 0.4) is 0 Å². The van der Waals surface area contributed by atoms with Gasteiger partial charge in [-0.05, 0) is 12.1 Å². The van der Waals surface area contributed by atoms with Crippen molar-refractivity contribution in [3.05, 3.63) is 24.0 Å². The molecular weight excluding hydrogens is 243 g/mol. The van der Waals surface area contributed by atoms with E-state index in [0.717, 1.165) is 6.07 Å². The van der Waals surface area contributed by atoms with E-state index in [1.165, 1.54) is 19.2 Å². The Morgan fingerprint density at radius 1 is 1.44 bits per heavy atom. The van der Waals surface area contributed by atoms with E-state index >= 15 is 0 Å². The van der Waals surface area contributed by atoms with Gasteiger partial charge in [-0.2, -0.15) is 0 Å². The molecule has 6 nitrogen and oxygen atoms in total. The number of aliphatic carboxylic acids is 1. The number of rotatable bonds is 5. The van der Waals surface area contributed by atoms with Gasteiger partial charge >= 0.3 is 12.0 Å². The average molecular weight is 256 g/mol. The van der Waals surface area contributed by atoms with Crippen LogP contribution in [0, 0.1) is 5.82 Å². The lowest BCUT2D eigenvalue weighted by Gasteiger charge is -2.10. The first kappa shape index (κ1) is 13.8. The van der Waals surface area contributed by atoms with E-state index in [4.69, 9.17) is 9.84 Å². The fraction of sp³-hybridized carbons (Fsp3) is 0.273. The topological polar surface area (TPSA) is 87.7 Å². The van der Waals surface area contributed by atoms with Crippen molar-refractivity contribution in [1.29, 1.82) is 0 Å². The number of benzene rings is 1. The highest BCUT2D eigenvalue weighted by molar-refractivity contribution is 5.91. The number of amides is 2. The molecule has 7 heteroatoms. The van der Waals surface area contributed by atoms with Crippen molar-refractivity contribution in [3.8, 4) is 5.75 Å². The van der Waals surface area contributed by atoms with Gasteiger partial charge in [0, 0.05) is 12.6 Å². The predicted molar refractivity (Wildman–Crippen MR) is 62.2 cm³/mol.